The van der Waals surface area contributed by atoms with Crippen molar-refractivity contribution in [3.05, 3.63) is 86.6 Å². The molecule has 7 heteroatoms. The number of rotatable bonds is 5. The van der Waals surface area contributed by atoms with E-state index in [0.29, 0.717) is 33.8 Å². The number of aryl methyl sites for hydroxylation is 1. The fourth-order valence-electron chi connectivity index (χ4n) is 3.16. The molecule has 0 aliphatic rings. The highest BCUT2D eigenvalue weighted by Crippen LogP contribution is 2.29. The highest BCUT2D eigenvalue weighted by Gasteiger charge is 2.15. The molecule has 31 heavy (non-hydrogen) atoms. The summed E-state index contributed by atoms with van der Waals surface area (Å²) in [4.78, 5) is 18.1. The van der Waals surface area contributed by atoms with Crippen molar-refractivity contribution in [2.24, 2.45) is 5.10 Å². The van der Waals surface area contributed by atoms with Crippen LogP contribution >= 0.6 is 15.9 Å². The van der Waals surface area contributed by atoms with Gasteiger partial charge in [0, 0.05) is 16.1 Å². The van der Waals surface area contributed by atoms with E-state index in [-0.39, 0.29) is 5.56 Å². The van der Waals surface area contributed by atoms with Crippen LogP contribution in [0.25, 0.3) is 22.3 Å². The topological polar surface area (TPSA) is 65.7 Å². The molecule has 0 atom stereocenters. The molecule has 0 radical (unpaired) electrons. The van der Waals surface area contributed by atoms with Gasteiger partial charge in [-0.05, 0) is 42.8 Å². The second-order valence-corrected chi connectivity index (χ2v) is 7.89. The van der Waals surface area contributed by atoms with Crippen molar-refractivity contribution in [2.45, 2.75) is 6.92 Å². The molecule has 0 aliphatic heterocycles. The second-order valence-electron chi connectivity index (χ2n) is 6.97. The van der Waals surface area contributed by atoms with Crippen molar-refractivity contribution in [1.82, 2.24) is 9.66 Å². The quantitative estimate of drug-likeness (QED) is 0.378. The summed E-state index contributed by atoms with van der Waals surface area (Å²) in [6.45, 7) is 2.02. The summed E-state index contributed by atoms with van der Waals surface area (Å²) in [5.41, 5.74) is 2.98. The molecular formula is C24H20BrN3O3. The van der Waals surface area contributed by atoms with E-state index in [1.807, 2.05) is 37.3 Å². The van der Waals surface area contributed by atoms with Crippen LogP contribution in [0.4, 0.5) is 0 Å². The lowest BCUT2D eigenvalue weighted by Gasteiger charge is -2.12. The number of ether oxygens (including phenoxy) is 2. The van der Waals surface area contributed by atoms with Crippen LogP contribution in [0, 0.1) is 6.92 Å². The number of nitrogens with zero attached hydrogens (tertiary/aromatic N) is 3. The third-order valence-corrected chi connectivity index (χ3v) is 5.31. The number of halogens is 1. The molecule has 156 valence electrons. The lowest BCUT2D eigenvalue weighted by molar-refractivity contribution is 0.394. The molecule has 3 aromatic carbocycles. The van der Waals surface area contributed by atoms with Crippen LogP contribution in [0.3, 0.4) is 0 Å². The molecule has 0 fully saturated rings. The highest BCUT2D eigenvalue weighted by atomic mass is 79.9. The van der Waals surface area contributed by atoms with Crippen molar-refractivity contribution in [1.29, 1.82) is 0 Å². The Labute approximate surface area is 187 Å². The maximum absolute atomic E-state index is 13.4. The molecule has 0 bridgehead atoms. The molecule has 0 aliphatic carbocycles. The molecule has 1 heterocycles. The summed E-state index contributed by atoms with van der Waals surface area (Å²) >= 11 is 3.43. The van der Waals surface area contributed by atoms with Crippen LogP contribution in [0.5, 0.6) is 11.5 Å². The predicted molar refractivity (Wildman–Crippen MR) is 126 cm³/mol. The minimum Gasteiger partial charge on any atom is -0.497 e. The minimum atomic E-state index is -0.272. The average molecular weight is 478 g/mol. The monoisotopic (exact) mass is 477 g/mol. The van der Waals surface area contributed by atoms with E-state index in [1.54, 1.807) is 50.8 Å². The Hall–Kier alpha value is -3.45. The molecule has 0 N–H and O–H groups in total. The standard InChI is InChI=1S/C24H20BrN3O3/c1-15-4-6-16(7-5-15)14-26-28-23(17-10-19(30-2)13-20(11-17)31-3)27-22-9-8-18(25)12-21(22)24(28)29/h4-14H,1-3H3. The van der Waals surface area contributed by atoms with Gasteiger partial charge in [-0.2, -0.15) is 9.78 Å². The summed E-state index contributed by atoms with van der Waals surface area (Å²) in [6.07, 6.45) is 1.65. The maximum Gasteiger partial charge on any atom is 0.282 e. The summed E-state index contributed by atoms with van der Waals surface area (Å²) in [6, 6.07) is 18.6. The van der Waals surface area contributed by atoms with Crippen molar-refractivity contribution in [3.63, 3.8) is 0 Å². The third kappa shape index (κ3) is 4.36. The Morgan fingerprint density at radius 2 is 1.65 bits per heavy atom. The number of hydrogen-bond acceptors (Lipinski definition) is 5. The van der Waals surface area contributed by atoms with Crippen molar-refractivity contribution in [2.75, 3.05) is 14.2 Å². The van der Waals surface area contributed by atoms with E-state index in [2.05, 4.69) is 21.0 Å². The number of fused-ring (bicyclic) bond motifs is 1. The smallest absolute Gasteiger partial charge is 0.282 e. The molecule has 0 amide bonds. The van der Waals surface area contributed by atoms with E-state index in [1.165, 1.54) is 4.68 Å². The fraction of sp³-hybridized carbons (Fsp3) is 0.125. The zero-order chi connectivity index (χ0) is 22.0. The van der Waals surface area contributed by atoms with Gasteiger partial charge >= 0.3 is 0 Å². The molecule has 0 saturated carbocycles. The molecule has 4 rings (SSSR count). The van der Waals surface area contributed by atoms with Crippen molar-refractivity contribution < 1.29 is 9.47 Å². The number of benzene rings is 3. The summed E-state index contributed by atoms with van der Waals surface area (Å²) in [7, 11) is 3.15. The highest BCUT2D eigenvalue weighted by molar-refractivity contribution is 9.10. The van der Waals surface area contributed by atoms with E-state index >= 15 is 0 Å². The zero-order valence-electron chi connectivity index (χ0n) is 17.3. The Bertz CT molecular complexity index is 1320. The van der Waals surface area contributed by atoms with Gasteiger partial charge in [-0.1, -0.05) is 45.8 Å². The lowest BCUT2D eigenvalue weighted by Crippen LogP contribution is -2.20. The molecule has 0 spiro atoms. The Balaban J connectivity index is 1.97. The Morgan fingerprint density at radius 3 is 2.29 bits per heavy atom. The van der Waals surface area contributed by atoms with E-state index in [0.717, 1.165) is 15.6 Å². The van der Waals surface area contributed by atoms with Gasteiger partial charge in [0.1, 0.15) is 11.5 Å². The minimum absolute atomic E-state index is 0.272. The van der Waals surface area contributed by atoms with E-state index in [9.17, 15) is 4.79 Å². The molecule has 0 saturated heterocycles. The molecular weight excluding hydrogens is 458 g/mol. The van der Waals surface area contributed by atoms with Crippen LogP contribution in [0.15, 0.2) is 75.0 Å². The van der Waals surface area contributed by atoms with Crippen LogP contribution < -0.4 is 15.0 Å². The first-order valence-electron chi connectivity index (χ1n) is 9.55. The van der Waals surface area contributed by atoms with Crippen LogP contribution in [-0.2, 0) is 0 Å². The Morgan fingerprint density at radius 1 is 0.968 bits per heavy atom. The van der Waals surface area contributed by atoms with Gasteiger partial charge in [-0.25, -0.2) is 4.98 Å². The molecule has 1 aromatic heterocycles. The van der Waals surface area contributed by atoms with Gasteiger partial charge in [0.15, 0.2) is 5.82 Å². The molecule has 0 unspecified atom stereocenters. The number of methoxy groups -OCH3 is 2. The predicted octanol–water partition coefficient (Wildman–Crippen LogP) is 5.03. The molecule has 6 nitrogen and oxygen atoms in total. The maximum atomic E-state index is 13.4. The second kappa shape index (κ2) is 8.73. The summed E-state index contributed by atoms with van der Waals surface area (Å²) in [5.74, 6) is 1.57. The van der Waals surface area contributed by atoms with Crippen LogP contribution in [0.1, 0.15) is 11.1 Å². The Kier molecular flexibility index (Phi) is 5.86. The number of hydrogen-bond donors (Lipinski definition) is 0. The van der Waals surface area contributed by atoms with E-state index in [4.69, 9.17) is 14.5 Å². The molecule has 4 aromatic rings. The average Bonchev–Trinajstić information content (AvgIpc) is 2.79. The first-order chi connectivity index (χ1) is 15.0. The van der Waals surface area contributed by atoms with E-state index < -0.39 is 0 Å². The lowest BCUT2D eigenvalue weighted by atomic mass is 10.1. The van der Waals surface area contributed by atoms with Gasteiger partial charge in [0.2, 0.25) is 0 Å². The van der Waals surface area contributed by atoms with Crippen molar-refractivity contribution in [3.8, 4) is 22.9 Å². The van der Waals surface area contributed by atoms with Gasteiger partial charge in [-0.15, -0.1) is 0 Å². The first-order valence-corrected chi connectivity index (χ1v) is 10.3. The van der Waals surface area contributed by atoms with Gasteiger partial charge in [0.25, 0.3) is 5.56 Å². The summed E-state index contributed by atoms with van der Waals surface area (Å²) < 4.78 is 12.9. The largest absolute Gasteiger partial charge is 0.497 e. The normalized spacial score (nSPS) is 11.2. The first kappa shape index (κ1) is 20.8. The van der Waals surface area contributed by atoms with Crippen LogP contribution in [-0.4, -0.2) is 30.1 Å². The van der Waals surface area contributed by atoms with Gasteiger partial charge in [-0.3, -0.25) is 4.79 Å². The van der Waals surface area contributed by atoms with Gasteiger partial charge in [0.05, 0.1) is 31.3 Å². The summed E-state index contributed by atoms with van der Waals surface area (Å²) in [5, 5.41) is 4.96. The number of aromatic nitrogens is 2. The fourth-order valence-corrected chi connectivity index (χ4v) is 3.52. The third-order valence-electron chi connectivity index (χ3n) is 4.82. The van der Waals surface area contributed by atoms with Crippen molar-refractivity contribution >= 4 is 33.0 Å². The SMILES string of the molecule is COc1cc(OC)cc(-c2nc3ccc(Br)cc3c(=O)n2N=Cc2ccc(C)cc2)c1. The van der Waals surface area contributed by atoms with Gasteiger partial charge < -0.3 is 9.47 Å². The van der Waals surface area contributed by atoms with Crippen LogP contribution in [0.2, 0.25) is 0 Å². The zero-order valence-corrected chi connectivity index (χ0v) is 18.9.